The Labute approximate surface area is 92.0 Å². The van der Waals surface area contributed by atoms with E-state index in [1.807, 2.05) is 0 Å². The molecule has 0 aromatic heterocycles. The van der Waals surface area contributed by atoms with Crippen LogP contribution in [0, 0.1) is 0 Å². The summed E-state index contributed by atoms with van der Waals surface area (Å²) in [6.45, 7) is 3.58. The van der Waals surface area contributed by atoms with Gasteiger partial charge in [-0.1, -0.05) is 22.0 Å². The predicted molar refractivity (Wildman–Crippen MR) is 60.2 cm³/mol. The van der Waals surface area contributed by atoms with Gasteiger partial charge in [-0.3, -0.25) is 0 Å². The normalized spacial score (nSPS) is 11.5. The van der Waals surface area contributed by atoms with E-state index < -0.39 is 0 Å². The fourth-order valence-electron chi connectivity index (χ4n) is 0.914. The first-order valence-electron chi connectivity index (χ1n) is 3.51. The predicted octanol–water partition coefficient (Wildman–Crippen LogP) is 2.76. The van der Waals surface area contributed by atoms with E-state index in [0.29, 0.717) is 0 Å². The summed E-state index contributed by atoms with van der Waals surface area (Å²) >= 11 is 3.33. The number of phenolic OH excluding ortho intramolecular Hbond substituents is 1. The average molecular weight is 265 g/mol. The third-order valence-corrected chi connectivity index (χ3v) is 2.31. The maximum atomic E-state index is 9.17. The maximum Gasteiger partial charge on any atom is 0.116 e. The summed E-state index contributed by atoms with van der Waals surface area (Å²) in [5, 5.41) is 9.17. The van der Waals surface area contributed by atoms with Crippen LogP contribution in [0.5, 0.6) is 5.75 Å². The van der Waals surface area contributed by atoms with Crippen LogP contribution >= 0.6 is 28.3 Å². The number of rotatable bonds is 2. The minimum Gasteiger partial charge on any atom is -0.508 e. The summed E-state index contributed by atoms with van der Waals surface area (Å²) in [6, 6.07) is 4.74. The van der Waals surface area contributed by atoms with Gasteiger partial charge in [0.1, 0.15) is 5.75 Å². The molecule has 1 aromatic carbocycles. The standard InChI is InChI=1S/C9H10BrNO.ClH/c1-2-9(11)7-5-6(12)3-4-8(7)10;/h2-5,9,12H,1,11H2;1H/t9-;/m1./s1. The highest BCUT2D eigenvalue weighted by Crippen LogP contribution is 2.26. The molecule has 0 amide bonds. The van der Waals surface area contributed by atoms with Gasteiger partial charge in [-0.2, -0.15) is 0 Å². The molecule has 0 aliphatic heterocycles. The van der Waals surface area contributed by atoms with Gasteiger partial charge in [0.15, 0.2) is 0 Å². The molecule has 1 aromatic rings. The van der Waals surface area contributed by atoms with Gasteiger partial charge in [0.25, 0.3) is 0 Å². The summed E-state index contributed by atoms with van der Waals surface area (Å²) in [7, 11) is 0. The Kier molecular flexibility index (Phi) is 5.06. The largest absolute Gasteiger partial charge is 0.508 e. The molecule has 0 heterocycles. The topological polar surface area (TPSA) is 46.2 Å². The van der Waals surface area contributed by atoms with Crippen molar-refractivity contribution >= 4 is 28.3 Å². The van der Waals surface area contributed by atoms with Crippen molar-refractivity contribution in [2.75, 3.05) is 0 Å². The zero-order chi connectivity index (χ0) is 9.14. The smallest absolute Gasteiger partial charge is 0.116 e. The molecule has 0 bridgehead atoms. The molecule has 1 rings (SSSR count). The third kappa shape index (κ3) is 3.03. The van der Waals surface area contributed by atoms with E-state index >= 15 is 0 Å². The van der Waals surface area contributed by atoms with Crippen LogP contribution in [0.25, 0.3) is 0 Å². The van der Waals surface area contributed by atoms with Crippen molar-refractivity contribution in [2.24, 2.45) is 5.73 Å². The number of hydrogen-bond donors (Lipinski definition) is 2. The van der Waals surface area contributed by atoms with Gasteiger partial charge in [0.05, 0.1) is 0 Å². The lowest BCUT2D eigenvalue weighted by Gasteiger charge is -2.08. The van der Waals surface area contributed by atoms with E-state index in [4.69, 9.17) is 5.73 Å². The van der Waals surface area contributed by atoms with Crippen molar-refractivity contribution in [1.82, 2.24) is 0 Å². The zero-order valence-corrected chi connectivity index (χ0v) is 9.31. The van der Waals surface area contributed by atoms with E-state index in [2.05, 4.69) is 22.5 Å². The summed E-state index contributed by atoms with van der Waals surface area (Å²) in [5.41, 5.74) is 6.54. The molecule has 0 fully saturated rings. The molecule has 2 nitrogen and oxygen atoms in total. The molecular formula is C9H11BrClNO. The number of hydrogen-bond acceptors (Lipinski definition) is 2. The number of nitrogens with two attached hydrogens (primary N) is 1. The highest BCUT2D eigenvalue weighted by Gasteiger charge is 2.06. The lowest BCUT2D eigenvalue weighted by molar-refractivity contribution is 0.474. The Hall–Kier alpha value is -0.510. The van der Waals surface area contributed by atoms with E-state index in [9.17, 15) is 5.11 Å². The molecule has 4 heteroatoms. The SMILES string of the molecule is C=C[C@@H](N)c1cc(O)ccc1Br.Cl. The van der Waals surface area contributed by atoms with E-state index in [0.717, 1.165) is 10.0 Å². The maximum absolute atomic E-state index is 9.17. The fraction of sp³-hybridized carbons (Fsp3) is 0.111. The second-order valence-electron chi connectivity index (χ2n) is 2.47. The first-order valence-corrected chi connectivity index (χ1v) is 4.31. The highest BCUT2D eigenvalue weighted by atomic mass is 79.9. The van der Waals surface area contributed by atoms with Crippen molar-refractivity contribution in [3.8, 4) is 5.75 Å². The Balaban J connectivity index is 0.00000144. The second kappa shape index (κ2) is 5.27. The van der Waals surface area contributed by atoms with Crippen LogP contribution in [0.4, 0.5) is 0 Å². The highest BCUT2D eigenvalue weighted by molar-refractivity contribution is 9.10. The molecule has 0 saturated carbocycles. The first kappa shape index (κ1) is 12.5. The van der Waals surface area contributed by atoms with Crippen LogP contribution in [-0.4, -0.2) is 5.11 Å². The molecule has 3 N–H and O–H groups in total. The lowest BCUT2D eigenvalue weighted by atomic mass is 10.1. The van der Waals surface area contributed by atoms with Crippen LogP contribution in [0.15, 0.2) is 35.3 Å². The minimum atomic E-state index is -0.244. The third-order valence-electron chi connectivity index (χ3n) is 1.59. The van der Waals surface area contributed by atoms with Crippen molar-refractivity contribution in [1.29, 1.82) is 0 Å². The number of aromatic hydroxyl groups is 1. The Morgan fingerprint density at radius 3 is 2.69 bits per heavy atom. The average Bonchev–Trinajstić information content (AvgIpc) is 2.08. The first-order chi connectivity index (χ1) is 5.65. The van der Waals surface area contributed by atoms with Crippen LogP contribution in [0.3, 0.4) is 0 Å². The van der Waals surface area contributed by atoms with Crippen LogP contribution < -0.4 is 5.73 Å². The molecule has 1 atom stereocenters. The van der Waals surface area contributed by atoms with E-state index in [1.165, 1.54) is 0 Å². The van der Waals surface area contributed by atoms with E-state index in [-0.39, 0.29) is 24.2 Å². The molecule has 0 saturated heterocycles. The van der Waals surface area contributed by atoms with Crippen molar-refractivity contribution < 1.29 is 5.11 Å². The number of phenols is 1. The molecule has 0 radical (unpaired) electrons. The zero-order valence-electron chi connectivity index (χ0n) is 6.90. The summed E-state index contributed by atoms with van der Waals surface area (Å²) in [5.74, 6) is 0.213. The Morgan fingerprint density at radius 2 is 2.15 bits per heavy atom. The Morgan fingerprint density at radius 1 is 1.54 bits per heavy atom. The summed E-state index contributed by atoms with van der Waals surface area (Å²) in [6.07, 6.45) is 1.62. The van der Waals surface area contributed by atoms with Gasteiger partial charge in [-0.05, 0) is 23.8 Å². The molecule has 0 unspecified atom stereocenters. The molecule has 0 aliphatic rings. The van der Waals surface area contributed by atoms with Gasteiger partial charge in [0.2, 0.25) is 0 Å². The van der Waals surface area contributed by atoms with Gasteiger partial charge in [-0.15, -0.1) is 19.0 Å². The lowest BCUT2D eigenvalue weighted by Crippen LogP contribution is -2.06. The number of halogens is 2. The summed E-state index contributed by atoms with van der Waals surface area (Å²) < 4.78 is 0.882. The van der Waals surface area contributed by atoms with Crippen molar-refractivity contribution in [2.45, 2.75) is 6.04 Å². The van der Waals surface area contributed by atoms with Crippen LogP contribution in [0.2, 0.25) is 0 Å². The molecule has 0 aliphatic carbocycles. The molecule has 0 spiro atoms. The van der Waals surface area contributed by atoms with Crippen molar-refractivity contribution in [3.05, 3.63) is 40.9 Å². The van der Waals surface area contributed by atoms with Gasteiger partial charge in [0, 0.05) is 10.5 Å². The fourth-order valence-corrected chi connectivity index (χ4v) is 1.42. The van der Waals surface area contributed by atoms with E-state index in [1.54, 1.807) is 24.3 Å². The monoisotopic (exact) mass is 263 g/mol. The number of benzene rings is 1. The second-order valence-corrected chi connectivity index (χ2v) is 3.32. The van der Waals surface area contributed by atoms with Crippen LogP contribution in [-0.2, 0) is 0 Å². The quantitative estimate of drug-likeness (QED) is 0.807. The Bertz CT molecular complexity index is 304. The molecule has 72 valence electrons. The minimum absolute atomic E-state index is 0. The van der Waals surface area contributed by atoms with Crippen molar-refractivity contribution in [3.63, 3.8) is 0 Å². The van der Waals surface area contributed by atoms with Gasteiger partial charge < -0.3 is 10.8 Å². The van der Waals surface area contributed by atoms with Gasteiger partial charge in [-0.25, -0.2) is 0 Å². The molecular weight excluding hydrogens is 253 g/mol. The summed E-state index contributed by atoms with van der Waals surface area (Å²) in [4.78, 5) is 0. The van der Waals surface area contributed by atoms with Gasteiger partial charge >= 0.3 is 0 Å². The van der Waals surface area contributed by atoms with Crippen LogP contribution in [0.1, 0.15) is 11.6 Å². The molecule has 13 heavy (non-hydrogen) atoms.